The Kier molecular flexibility index (Phi) is 4.42. The third-order valence-corrected chi connectivity index (χ3v) is 4.32. The van der Waals surface area contributed by atoms with Crippen molar-refractivity contribution >= 4 is 28.8 Å². The highest BCUT2D eigenvalue weighted by Crippen LogP contribution is 2.24. The quantitative estimate of drug-likeness (QED) is 0.917. The Morgan fingerprint density at radius 2 is 2.47 bits per heavy atom. The summed E-state index contributed by atoms with van der Waals surface area (Å²) in [4.78, 5) is 15.0. The number of rotatable bonds is 3. The standard InChI is InChI=1S/C12H17ClN2OS/c1-2-15(9-4-3-7-14-8-9)12(16)10-5-6-11(13)17-10/h5-6,9,14H,2-4,7-8H2,1H3. The Morgan fingerprint density at radius 1 is 1.65 bits per heavy atom. The van der Waals surface area contributed by atoms with E-state index in [1.165, 1.54) is 11.3 Å². The van der Waals surface area contributed by atoms with Gasteiger partial charge in [-0.25, -0.2) is 0 Å². The monoisotopic (exact) mass is 272 g/mol. The van der Waals surface area contributed by atoms with Crippen LogP contribution in [0.5, 0.6) is 0 Å². The highest BCUT2D eigenvalue weighted by molar-refractivity contribution is 7.17. The number of hydrogen-bond acceptors (Lipinski definition) is 3. The molecule has 1 aliphatic heterocycles. The zero-order valence-corrected chi connectivity index (χ0v) is 11.5. The van der Waals surface area contributed by atoms with Crippen molar-refractivity contribution in [3.63, 3.8) is 0 Å². The zero-order chi connectivity index (χ0) is 12.3. The van der Waals surface area contributed by atoms with Gasteiger partial charge in [-0.3, -0.25) is 4.79 Å². The van der Waals surface area contributed by atoms with Gasteiger partial charge in [0.15, 0.2) is 0 Å². The van der Waals surface area contributed by atoms with Crippen LogP contribution in [-0.2, 0) is 0 Å². The minimum atomic E-state index is 0.109. The third-order valence-electron chi connectivity index (χ3n) is 3.10. The van der Waals surface area contributed by atoms with E-state index in [-0.39, 0.29) is 5.91 Å². The number of nitrogens with one attached hydrogen (secondary N) is 1. The van der Waals surface area contributed by atoms with Crippen molar-refractivity contribution in [1.29, 1.82) is 0 Å². The largest absolute Gasteiger partial charge is 0.334 e. The second kappa shape index (κ2) is 5.85. The molecule has 0 spiro atoms. The Morgan fingerprint density at radius 3 is 3.00 bits per heavy atom. The van der Waals surface area contributed by atoms with Gasteiger partial charge in [-0.15, -0.1) is 11.3 Å². The number of thiophene rings is 1. The summed E-state index contributed by atoms with van der Waals surface area (Å²) in [7, 11) is 0. The molecule has 1 amide bonds. The molecule has 1 aromatic rings. The first-order valence-corrected chi connectivity index (χ1v) is 7.19. The van der Waals surface area contributed by atoms with Crippen LogP contribution < -0.4 is 5.32 Å². The maximum Gasteiger partial charge on any atom is 0.264 e. The van der Waals surface area contributed by atoms with Gasteiger partial charge in [0.2, 0.25) is 0 Å². The average Bonchev–Trinajstić information content (AvgIpc) is 2.78. The SMILES string of the molecule is CCN(C(=O)c1ccc(Cl)s1)C1CCCNC1. The van der Waals surface area contributed by atoms with Gasteiger partial charge >= 0.3 is 0 Å². The van der Waals surface area contributed by atoms with Crippen LogP contribution in [0.2, 0.25) is 4.34 Å². The van der Waals surface area contributed by atoms with E-state index in [1.807, 2.05) is 17.9 Å². The lowest BCUT2D eigenvalue weighted by molar-refractivity contribution is 0.0667. The summed E-state index contributed by atoms with van der Waals surface area (Å²) in [5, 5.41) is 3.34. The van der Waals surface area contributed by atoms with Crippen molar-refractivity contribution in [2.45, 2.75) is 25.8 Å². The summed E-state index contributed by atoms with van der Waals surface area (Å²) in [5.41, 5.74) is 0. The molecule has 1 fully saturated rings. The zero-order valence-electron chi connectivity index (χ0n) is 9.91. The molecule has 0 radical (unpaired) electrons. The Balaban J connectivity index is 2.09. The Bertz CT molecular complexity index is 388. The Labute approximate surface area is 111 Å². The molecule has 1 aromatic heterocycles. The molecule has 5 heteroatoms. The van der Waals surface area contributed by atoms with Crippen molar-refractivity contribution in [3.8, 4) is 0 Å². The van der Waals surface area contributed by atoms with Crippen molar-refractivity contribution in [2.24, 2.45) is 0 Å². The maximum atomic E-state index is 12.3. The lowest BCUT2D eigenvalue weighted by atomic mass is 10.1. The first kappa shape index (κ1) is 12.9. The Hall–Kier alpha value is -0.580. The van der Waals surface area contributed by atoms with E-state index in [1.54, 1.807) is 6.07 Å². The van der Waals surface area contributed by atoms with Crippen LogP contribution in [0.3, 0.4) is 0 Å². The van der Waals surface area contributed by atoms with Gasteiger partial charge in [0.05, 0.1) is 9.21 Å². The van der Waals surface area contributed by atoms with E-state index in [9.17, 15) is 4.79 Å². The normalized spacial score (nSPS) is 20.2. The van der Waals surface area contributed by atoms with E-state index < -0.39 is 0 Å². The minimum Gasteiger partial charge on any atom is -0.334 e. The van der Waals surface area contributed by atoms with Gasteiger partial charge in [0.1, 0.15) is 0 Å². The molecule has 17 heavy (non-hydrogen) atoms. The minimum absolute atomic E-state index is 0.109. The van der Waals surface area contributed by atoms with E-state index in [0.29, 0.717) is 10.4 Å². The van der Waals surface area contributed by atoms with Gasteiger partial charge in [-0.2, -0.15) is 0 Å². The van der Waals surface area contributed by atoms with Crippen LogP contribution in [0.1, 0.15) is 29.4 Å². The molecule has 2 rings (SSSR count). The molecule has 1 N–H and O–H groups in total. The highest BCUT2D eigenvalue weighted by atomic mass is 35.5. The summed E-state index contributed by atoms with van der Waals surface area (Å²) in [6.45, 7) is 4.74. The molecule has 2 heterocycles. The number of carbonyl (C=O) groups is 1. The van der Waals surface area contributed by atoms with Crippen LogP contribution in [0.25, 0.3) is 0 Å². The molecule has 3 nitrogen and oxygen atoms in total. The molecule has 0 bridgehead atoms. The second-order valence-corrected chi connectivity index (χ2v) is 5.91. The van der Waals surface area contributed by atoms with Gasteiger partial charge in [0, 0.05) is 19.1 Å². The number of hydrogen-bond donors (Lipinski definition) is 1. The van der Waals surface area contributed by atoms with E-state index in [0.717, 1.165) is 37.4 Å². The van der Waals surface area contributed by atoms with Crippen LogP contribution in [0.4, 0.5) is 0 Å². The molecular formula is C12H17ClN2OS. The molecule has 94 valence electrons. The predicted octanol–water partition coefficient (Wildman–Crippen LogP) is 2.62. The van der Waals surface area contributed by atoms with Gasteiger partial charge in [-0.05, 0) is 38.4 Å². The first-order chi connectivity index (χ1) is 8.22. The van der Waals surface area contributed by atoms with Gasteiger partial charge in [-0.1, -0.05) is 11.6 Å². The van der Waals surface area contributed by atoms with Crippen LogP contribution in [0.15, 0.2) is 12.1 Å². The molecule has 1 saturated heterocycles. The number of halogens is 1. The number of likely N-dealkylation sites (N-methyl/N-ethyl adjacent to an activating group) is 1. The maximum absolute atomic E-state index is 12.3. The fourth-order valence-electron chi connectivity index (χ4n) is 2.24. The van der Waals surface area contributed by atoms with Crippen molar-refractivity contribution in [2.75, 3.05) is 19.6 Å². The number of carbonyl (C=O) groups excluding carboxylic acids is 1. The lowest BCUT2D eigenvalue weighted by Crippen LogP contribution is -2.48. The van der Waals surface area contributed by atoms with E-state index in [2.05, 4.69) is 5.32 Å². The summed E-state index contributed by atoms with van der Waals surface area (Å²) in [6, 6.07) is 3.92. The molecule has 1 atom stereocenters. The van der Waals surface area contributed by atoms with Crippen molar-refractivity contribution in [1.82, 2.24) is 10.2 Å². The van der Waals surface area contributed by atoms with E-state index in [4.69, 9.17) is 11.6 Å². The number of amides is 1. The van der Waals surface area contributed by atoms with Gasteiger partial charge in [0.25, 0.3) is 5.91 Å². The summed E-state index contributed by atoms with van der Waals surface area (Å²) in [5.74, 6) is 0.109. The first-order valence-electron chi connectivity index (χ1n) is 5.99. The molecule has 0 aliphatic carbocycles. The molecule has 1 unspecified atom stereocenters. The third kappa shape index (κ3) is 3.00. The second-order valence-electron chi connectivity index (χ2n) is 4.20. The molecule has 1 aliphatic rings. The van der Waals surface area contributed by atoms with Crippen LogP contribution >= 0.6 is 22.9 Å². The molecular weight excluding hydrogens is 256 g/mol. The van der Waals surface area contributed by atoms with Gasteiger partial charge < -0.3 is 10.2 Å². The van der Waals surface area contributed by atoms with Crippen molar-refractivity contribution in [3.05, 3.63) is 21.3 Å². The molecule has 0 aromatic carbocycles. The number of nitrogens with zero attached hydrogens (tertiary/aromatic N) is 1. The van der Waals surface area contributed by atoms with Crippen molar-refractivity contribution < 1.29 is 4.79 Å². The fourth-order valence-corrected chi connectivity index (χ4v) is 3.24. The highest BCUT2D eigenvalue weighted by Gasteiger charge is 2.25. The molecule has 0 saturated carbocycles. The average molecular weight is 273 g/mol. The summed E-state index contributed by atoms with van der Waals surface area (Å²) >= 11 is 7.23. The predicted molar refractivity (Wildman–Crippen MR) is 71.9 cm³/mol. The van der Waals surface area contributed by atoms with Crippen LogP contribution in [0, 0.1) is 0 Å². The van der Waals surface area contributed by atoms with E-state index >= 15 is 0 Å². The fraction of sp³-hybridized carbons (Fsp3) is 0.583. The topological polar surface area (TPSA) is 32.3 Å². The summed E-state index contributed by atoms with van der Waals surface area (Å²) in [6.07, 6.45) is 2.23. The lowest BCUT2D eigenvalue weighted by Gasteiger charge is -2.33. The summed E-state index contributed by atoms with van der Waals surface area (Å²) < 4.78 is 0.672. The number of piperidine rings is 1. The van der Waals surface area contributed by atoms with Crippen LogP contribution in [-0.4, -0.2) is 36.5 Å². The smallest absolute Gasteiger partial charge is 0.264 e.